The molecule has 3 N–H and O–H groups in total. The Morgan fingerprint density at radius 2 is 2.00 bits per heavy atom. The molecule has 0 unspecified atom stereocenters. The summed E-state index contributed by atoms with van der Waals surface area (Å²) in [6, 6.07) is 6.68. The molecule has 0 amide bonds. The third-order valence-corrected chi connectivity index (χ3v) is 4.23. The van der Waals surface area contributed by atoms with Crippen molar-refractivity contribution < 1.29 is 4.39 Å². The molecule has 0 aliphatic heterocycles. The third-order valence-electron chi connectivity index (χ3n) is 4.23. The number of aromatic nitrogens is 1. The van der Waals surface area contributed by atoms with Crippen molar-refractivity contribution in [1.29, 1.82) is 0 Å². The first-order chi connectivity index (χ1) is 9.76. The van der Waals surface area contributed by atoms with Gasteiger partial charge in [0.15, 0.2) is 0 Å². The van der Waals surface area contributed by atoms with E-state index in [-0.39, 0.29) is 5.82 Å². The lowest BCUT2D eigenvalue weighted by atomic mass is 9.85. The largest absolute Gasteiger partial charge is 0.308 e. The Balaban J connectivity index is 1.94. The van der Waals surface area contributed by atoms with Crippen molar-refractivity contribution in [3.8, 4) is 0 Å². The number of hydrazine groups is 1. The smallest absolute Gasteiger partial charge is 0.143 e. The molecule has 0 spiro atoms. The van der Waals surface area contributed by atoms with Crippen LogP contribution in [-0.2, 0) is 6.42 Å². The third kappa shape index (κ3) is 2.75. The first kappa shape index (κ1) is 13.3. The number of hydrogen-bond donors (Lipinski definition) is 2. The molecule has 0 bridgehead atoms. The average Bonchev–Trinajstić information content (AvgIpc) is 2.47. The van der Waals surface area contributed by atoms with E-state index in [0.717, 1.165) is 28.7 Å². The zero-order valence-corrected chi connectivity index (χ0v) is 11.5. The minimum absolute atomic E-state index is 0.226. The normalized spacial score (nSPS) is 16.5. The van der Waals surface area contributed by atoms with Crippen LogP contribution in [0.25, 0.3) is 10.9 Å². The van der Waals surface area contributed by atoms with Crippen LogP contribution in [0.2, 0.25) is 0 Å². The van der Waals surface area contributed by atoms with Gasteiger partial charge in [-0.1, -0.05) is 32.1 Å². The van der Waals surface area contributed by atoms with E-state index in [1.54, 1.807) is 6.07 Å². The number of pyridine rings is 1. The lowest BCUT2D eigenvalue weighted by Gasteiger charge is -2.22. The van der Waals surface area contributed by atoms with Crippen LogP contribution < -0.4 is 11.3 Å². The van der Waals surface area contributed by atoms with E-state index < -0.39 is 0 Å². The molecule has 1 fully saturated rings. The Kier molecular flexibility index (Phi) is 3.83. The minimum atomic E-state index is -0.226. The molecule has 1 heterocycles. The van der Waals surface area contributed by atoms with Crippen LogP contribution in [0.3, 0.4) is 0 Å². The van der Waals surface area contributed by atoms with Crippen LogP contribution in [0.4, 0.5) is 10.2 Å². The second-order valence-electron chi connectivity index (χ2n) is 5.69. The van der Waals surface area contributed by atoms with Gasteiger partial charge in [-0.05, 0) is 42.2 Å². The van der Waals surface area contributed by atoms with Crippen molar-refractivity contribution in [2.24, 2.45) is 11.8 Å². The van der Waals surface area contributed by atoms with Gasteiger partial charge < -0.3 is 5.43 Å². The highest BCUT2D eigenvalue weighted by Gasteiger charge is 2.16. The van der Waals surface area contributed by atoms with E-state index in [4.69, 9.17) is 5.84 Å². The van der Waals surface area contributed by atoms with E-state index in [0.29, 0.717) is 5.92 Å². The van der Waals surface area contributed by atoms with Crippen LogP contribution >= 0.6 is 0 Å². The number of benzene rings is 1. The molecule has 1 saturated carbocycles. The highest BCUT2D eigenvalue weighted by Crippen LogP contribution is 2.30. The summed E-state index contributed by atoms with van der Waals surface area (Å²) >= 11 is 0. The maximum Gasteiger partial charge on any atom is 0.143 e. The molecule has 3 nitrogen and oxygen atoms in total. The number of nitrogens with one attached hydrogen (secondary N) is 1. The Morgan fingerprint density at radius 3 is 2.75 bits per heavy atom. The van der Waals surface area contributed by atoms with Crippen molar-refractivity contribution in [1.82, 2.24) is 4.98 Å². The highest BCUT2D eigenvalue weighted by atomic mass is 19.1. The van der Waals surface area contributed by atoms with Crippen LogP contribution in [0, 0.1) is 11.7 Å². The molecule has 1 aromatic heterocycles. The first-order valence-electron chi connectivity index (χ1n) is 7.32. The molecule has 3 rings (SSSR count). The number of nitrogens with zero attached hydrogens (tertiary/aromatic N) is 1. The minimum Gasteiger partial charge on any atom is -0.308 e. The second-order valence-corrected chi connectivity index (χ2v) is 5.69. The van der Waals surface area contributed by atoms with Gasteiger partial charge in [0.1, 0.15) is 11.6 Å². The molecule has 20 heavy (non-hydrogen) atoms. The maximum atomic E-state index is 13.3. The molecular formula is C16H20FN3. The van der Waals surface area contributed by atoms with E-state index in [1.807, 2.05) is 6.07 Å². The number of fused-ring (bicyclic) bond motifs is 1. The number of anilines is 1. The zero-order chi connectivity index (χ0) is 13.9. The second kappa shape index (κ2) is 5.75. The summed E-state index contributed by atoms with van der Waals surface area (Å²) in [5.41, 5.74) is 4.55. The topological polar surface area (TPSA) is 50.9 Å². The van der Waals surface area contributed by atoms with E-state index in [9.17, 15) is 4.39 Å². The molecule has 0 saturated heterocycles. The lowest BCUT2D eigenvalue weighted by Crippen LogP contribution is -2.15. The van der Waals surface area contributed by atoms with Gasteiger partial charge in [-0.15, -0.1) is 0 Å². The SMILES string of the molecule is NNc1nc2ccc(F)cc2cc1CC1CCCCC1. The average molecular weight is 273 g/mol. The van der Waals surface area contributed by atoms with E-state index in [1.165, 1.54) is 44.2 Å². The predicted molar refractivity (Wildman–Crippen MR) is 79.8 cm³/mol. The molecule has 4 heteroatoms. The predicted octanol–water partition coefficient (Wildman–Crippen LogP) is 3.78. The Labute approximate surface area is 118 Å². The van der Waals surface area contributed by atoms with Gasteiger partial charge in [0.25, 0.3) is 0 Å². The van der Waals surface area contributed by atoms with Crippen LogP contribution in [0.1, 0.15) is 37.7 Å². The van der Waals surface area contributed by atoms with Gasteiger partial charge in [0, 0.05) is 5.39 Å². The standard InChI is InChI=1S/C16H20FN3/c17-14-6-7-15-12(10-14)9-13(16(19-15)20-18)8-11-4-2-1-3-5-11/h6-7,9-11H,1-5,8,18H2,(H,19,20). The lowest BCUT2D eigenvalue weighted by molar-refractivity contribution is 0.357. The van der Waals surface area contributed by atoms with Crippen molar-refractivity contribution in [2.75, 3.05) is 5.43 Å². The highest BCUT2D eigenvalue weighted by molar-refractivity contribution is 5.81. The summed E-state index contributed by atoms with van der Waals surface area (Å²) in [6.45, 7) is 0. The van der Waals surface area contributed by atoms with Gasteiger partial charge in [-0.25, -0.2) is 15.2 Å². The molecule has 0 radical (unpaired) electrons. The number of nitrogen functional groups attached to an aromatic ring is 1. The maximum absolute atomic E-state index is 13.3. The Bertz CT molecular complexity index is 606. The molecular weight excluding hydrogens is 253 g/mol. The molecule has 0 atom stereocenters. The van der Waals surface area contributed by atoms with E-state index in [2.05, 4.69) is 10.4 Å². The fraction of sp³-hybridized carbons (Fsp3) is 0.438. The number of nitrogens with two attached hydrogens (primary N) is 1. The van der Waals surface area contributed by atoms with Crippen molar-refractivity contribution in [3.05, 3.63) is 35.6 Å². The zero-order valence-electron chi connectivity index (χ0n) is 11.5. The molecule has 1 aliphatic carbocycles. The fourth-order valence-corrected chi connectivity index (χ4v) is 3.17. The van der Waals surface area contributed by atoms with Crippen molar-refractivity contribution in [2.45, 2.75) is 38.5 Å². The fourth-order valence-electron chi connectivity index (χ4n) is 3.17. The van der Waals surface area contributed by atoms with Crippen LogP contribution in [-0.4, -0.2) is 4.98 Å². The summed E-state index contributed by atoms with van der Waals surface area (Å²) in [4.78, 5) is 4.50. The molecule has 106 valence electrons. The first-order valence-corrected chi connectivity index (χ1v) is 7.32. The van der Waals surface area contributed by atoms with Gasteiger partial charge in [0.05, 0.1) is 5.52 Å². The van der Waals surface area contributed by atoms with Gasteiger partial charge in [-0.3, -0.25) is 0 Å². The number of rotatable bonds is 3. The number of hydrogen-bond acceptors (Lipinski definition) is 3. The monoisotopic (exact) mass is 273 g/mol. The van der Waals surface area contributed by atoms with Crippen LogP contribution in [0.5, 0.6) is 0 Å². The van der Waals surface area contributed by atoms with Gasteiger partial charge in [0.2, 0.25) is 0 Å². The summed E-state index contributed by atoms with van der Waals surface area (Å²) in [6.07, 6.45) is 7.48. The Hall–Kier alpha value is -1.68. The van der Waals surface area contributed by atoms with Crippen LogP contribution in [0.15, 0.2) is 24.3 Å². The van der Waals surface area contributed by atoms with Crippen molar-refractivity contribution >= 4 is 16.7 Å². The molecule has 2 aromatic rings. The number of halogens is 1. The van der Waals surface area contributed by atoms with E-state index >= 15 is 0 Å². The van der Waals surface area contributed by atoms with Gasteiger partial charge in [-0.2, -0.15) is 0 Å². The molecule has 1 aliphatic rings. The van der Waals surface area contributed by atoms with Crippen molar-refractivity contribution in [3.63, 3.8) is 0 Å². The Morgan fingerprint density at radius 1 is 1.20 bits per heavy atom. The van der Waals surface area contributed by atoms with Gasteiger partial charge >= 0.3 is 0 Å². The summed E-state index contributed by atoms with van der Waals surface area (Å²) < 4.78 is 13.3. The summed E-state index contributed by atoms with van der Waals surface area (Å²) in [7, 11) is 0. The summed E-state index contributed by atoms with van der Waals surface area (Å²) in [5.74, 6) is 6.78. The summed E-state index contributed by atoms with van der Waals surface area (Å²) in [5, 5.41) is 0.842. The molecule has 1 aromatic carbocycles. The quantitative estimate of drug-likeness (QED) is 0.661.